The van der Waals surface area contributed by atoms with E-state index in [0.29, 0.717) is 11.1 Å². The summed E-state index contributed by atoms with van der Waals surface area (Å²) >= 11 is 0. The molecule has 1 atom stereocenters. The van der Waals surface area contributed by atoms with Gasteiger partial charge in [0.05, 0.1) is 0 Å². The Bertz CT molecular complexity index is 522. The SMILES string of the molecule is CCC(C)NC(=O)c1cccc(C(=O)NC2CCCCC2)c1. The minimum atomic E-state index is -0.123. The molecule has 0 spiro atoms. The molecule has 1 unspecified atom stereocenters. The molecule has 22 heavy (non-hydrogen) atoms. The second kappa shape index (κ2) is 7.97. The first-order valence-corrected chi connectivity index (χ1v) is 8.32. The van der Waals surface area contributed by atoms with E-state index < -0.39 is 0 Å². The third-order valence-corrected chi connectivity index (χ3v) is 4.32. The molecular weight excluding hydrogens is 276 g/mol. The van der Waals surface area contributed by atoms with Crippen molar-refractivity contribution in [2.45, 2.75) is 64.5 Å². The number of benzene rings is 1. The summed E-state index contributed by atoms with van der Waals surface area (Å²) in [5.41, 5.74) is 1.10. The monoisotopic (exact) mass is 302 g/mol. The van der Waals surface area contributed by atoms with E-state index in [9.17, 15) is 9.59 Å². The fraction of sp³-hybridized carbons (Fsp3) is 0.556. The van der Waals surface area contributed by atoms with Crippen LogP contribution >= 0.6 is 0 Å². The number of rotatable bonds is 5. The van der Waals surface area contributed by atoms with Crippen molar-refractivity contribution in [1.29, 1.82) is 0 Å². The number of hydrogen-bond donors (Lipinski definition) is 2. The lowest BCUT2D eigenvalue weighted by Gasteiger charge is -2.22. The quantitative estimate of drug-likeness (QED) is 0.877. The Morgan fingerprint density at radius 1 is 1.14 bits per heavy atom. The first-order chi connectivity index (χ1) is 10.6. The van der Waals surface area contributed by atoms with Gasteiger partial charge in [-0.1, -0.05) is 32.3 Å². The number of hydrogen-bond acceptors (Lipinski definition) is 2. The molecule has 2 amide bonds. The van der Waals surface area contributed by atoms with Crippen LogP contribution < -0.4 is 10.6 Å². The number of nitrogens with one attached hydrogen (secondary N) is 2. The Kier molecular flexibility index (Phi) is 5.99. The summed E-state index contributed by atoms with van der Waals surface area (Å²) in [4.78, 5) is 24.5. The van der Waals surface area contributed by atoms with Gasteiger partial charge in [-0.15, -0.1) is 0 Å². The van der Waals surface area contributed by atoms with Gasteiger partial charge in [0.25, 0.3) is 11.8 Å². The molecule has 0 heterocycles. The highest BCUT2D eigenvalue weighted by atomic mass is 16.2. The van der Waals surface area contributed by atoms with Crippen LogP contribution in [0.3, 0.4) is 0 Å². The number of carbonyl (C=O) groups is 2. The van der Waals surface area contributed by atoms with E-state index in [4.69, 9.17) is 0 Å². The van der Waals surface area contributed by atoms with E-state index in [1.54, 1.807) is 24.3 Å². The molecule has 1 aliphatic rings. The lowest BCUT2D eigenvalue weighted by molar-refractivity contribution is 0.0927. The zero-order valence-corrected chi connectivity index (χ0v) is 13.5. The summed E-state index contributed by atoms with van der Waals surface area (Å²) in [5, 5.41) is 6.01. The van der Waals surface area contributed by atoms with Crippen molar-refractivity contribution in [2.24, 2.45) is 0 Å². The van der Waals surface area contributed by atoms with Crippen molar-refractivity contribution >= 4 is 11.8 Å². The Hall–Kier alpha value is -1.84. The van der Waals surface area contributed by atoms with Gasteiger partial charge in [0.15, 0.2) is 0 Å². The van der Waals surface area contributed by atoms with Crippen LogP contribution in [0.4, 0.5) is 0 Å². The van der Waals surface area contributed by atoms with Crippen LogP contribution in [-0.4, -0.2) is 23.9 Å². The largest absolute Gasteiger partial charge is 0.350 e. The molecule has 1 saturated carbocycles. The molecule has 1 fully saturated rings. The summed E-state index contributed by atoms with van der Waals surface area (Å²) in [6.45, 7) is 4.00. The summed E-state index contributed by atoms with van der Waals surface area (Å²) in [6, 6.07) is 7.36. The maximum Gasteiger partial charge on any atom is 0.251 e. The smallest absolute Gasteiger partial charge is 0.251 e. The molecule has 1 aromatic carbocycles. The summed E-state index contributed by atoms with van der Waals surface area (Å²) in [7, 11) is 0. The summed E-state index contributed by atoms with van der Waals surface area (Å²) in [5.74, 6) is -0.202. The van der Waals surface area contributed by atoms with Gasteiger partial charge in [-0.2, -0.15) is 0 Å². The van der Waals surface area contributed by atoms with Crippen LogP contribution in [0.1, 0.15) is 73.1 Å². The van der Waals surface area contributed by atoms with Crippen LogP contribution in [0.2, 0.25) is 0 Å². The fourth-order valence-corrected chi connectivity index (χ4v) is 2.73. The van der Waals surface area contributed by atoms with Crippen molar-refractivity contribution < 1.29 is 9.59 Å². The van der Waals surface area contributed by atoms with E-state index in [2.05, 4.69) is 10.6 Å². The molecule has 0 saturated heterocycles. The molecule has 1 aromatic rings. The van der Waals surface area contributed by atoms with Crippen molar-refractivity contribution in [1.82, 2.24) is 10.6 Å². The lowest BCUT2D eigenvalue weighted by atomic mass is 9.95. The molecule has 0 bridgehead atoms. The highest BCUT2D eigenvalue weighted by Crippen LogP contribution is 2.18. The van der Waals surface area contributed by atoms with Gasteiger partial charge in [0.2, 0.25) is 0 Å². The standard InChI is InChI=1S/C18H26N2O2/c1-3-13(2)19-17(21)14-8-7-9-15(12-14)18(22)20-16-10-5-4-6-11-16/h7-9,12-13,16H,3-6,10-11H2,1-2H3,(H,19,21)(H,20,22). The van der Waals surface area contributed by atoms with E-state index >= 15 is 0 Å². The second-order valence-corrected chi connectivity index (χ2v) is 6.17. The van der Waals surface area contributed by atoms with Gasteiger partial charge >= 0.3 is 0 Å². The average molecular weight is 302 g/mol. The van der Waals surface area contributed by atoms with Gasteiger partial charge in [0.1, 0.15) is 0 Å². The molecule has 0 aromatic heterocycles. The van der Waals surface area contributed by atoms with Crippen LogP contribution in [-0.2, 0) is 0 Å². The summed E-state index contributed by atoms with van der Waals surface area (Å²) < 4.78 is 0. The third-order valence-electron chi connectivity index (χ3n) is 4.32. The van der Waals surface area contributed by atoms with Crippen molar-refractivity contribution in [3.8, 4) is 0 Å². The fourth-order valence-electron chi connectivity index (χ4n) is 2.73. The first-order valence-electron chi connectivity index (χ1n) is 8.32. The van der Waals surface area contributed by atoms with Crippen LogP contribution in [0.5, 0.6) is 0 Å². The number of carbonyl (C=O) groups excluding carboxylic acids is 2. The molecule has 1 aliphatic carbocycles. The number of amides is 2. The molecule has 0 aliphatic heterocycles. The van der Waals surface area contributed by atoms with Gasteiger partial charge in [-0.25, -0.2) is 0 Å². The van der Waals surface area contributed by atoms with E-state index in [-0.39, 0.29) is 23.9 Å². The Labute approximate surface area is 132 Å². The highest BCUT2D eigenvalue weighted by Gasteiger charge is 2.17. The van der Waals surface area contributed by atoms with Gasteiger partial charge < -0.3 is 10.6 Å². The normalized spacial score (nSPS) is 16.8. The third kappa shape index (κ3) is 4.58. The van der Waals surface area contributed by atoms with Crippen molar-refractivity contribution in [2.75, 3.05) is 0 Å². The predicted octanol–water partition coefficient (Wildman–Crippen LogP) is 3.28. The van der Waals surface area contributed by atoms with Crippen molar-refractivity contribution in [3.05, 3.63) is 35.4 Å². The summed E-state index contributed by atoms with van der Waals surface area (Å²) in [6.07, 6.45) is 6.62. The maximum atomic E-state index is 12.3. The second-order valence-electron chi connectivity index (χ2n) is 6.17. The molecule has 4 heteroatoms. The Morgan fingerprint density at radius 2 is 1.77 bits per heavy atom. The molecule has 2 rings (SSSR count). The van der Waals surface area contributed by atoms with E-state index in [1.807, 2.05) is 13.8 Å². The molecular formula is C18H26N2O2. The topological polar surface area (TPSA) is 58.2 Å². The van der Waals surface area contributed by atoms with Crippen LogP contribution in [0, 0.1) is 0 Å². The van der Waals surface area contributed by atoms with Gasteiger partial charge in [-0.3, -0.25) is 9.59 Å². The zero-order chi connectivity index (χ0) is 15.9. The molecule has 2 N–H and O–H groups in total. The maximum absolute atomic E-state index is 12.3. The predicted molar refractivity (Wildman–Crippen MR) is 88.0 cm³/mol. The minimum Gasteiger partial charge on any atom is -0.350 e. The van der Waals surface area contributed by atoms with Gasteiger partial charge in [-0.05, 0) is 44.4 Å². The molecule has 120 valence electrons. The van der Waals surface area contributed by atoms with E-state index in [1.165, 1.54) is 19.3 Å². The lowest BCUT2D eigenvalue weighted by Crippen LogP contribution is -2.36. The average Bonchev–Trinajstić information content (AvgIpc) is 2.55. The van der Waals surface area contributed by atoms with E-state index in [0.717, 1.165) is 19.3 Å². The van der Waals surface area contributed by atoms with Crippen molar-refractivity contribution in [3.63, 3.8) is 0 Å². The Balaban J connectivity index is 2.00. The molecule has 0 radical (unpaired) electrons. The highest BCUT2D eigenvalue weighted by molar-refractivity contribution is 5.99. The van der Waals surface area contributed by atoms with Gasteiger partial charge in [0, 0.05) is 23.2 Å². The van der Waals surface area contributed by atoms with Crippen LogP contribution in [0.15, 0.2) is 24.3 Å². The molecule has 4 nitrogen and oxygen atoms in total. The zero-order valence-electron chi connectivity index (χ0n) is 13.5. The first kappa shape index (κ1) is 16.5. The Morgan fingerprint density at radius 3 is 2.41 bits per heavy atom. The minimum absolute atomic E-state index is 0.0786. The van der Waals surface area contributed by atoms with Crippen LogP contribution in [0.25, 0.3) is 0 Å².